The summed E-state index contributed by atoms with van der Waals surface area (Å²) in [6.45, 7) is 0. The summed E-state index contributed by atoms with van der Waals surface area (Å²) < 4.78 is 5.75. The first-order chi connectivity index (χ1) is 29.1. The van der Waals surface area contributed by atoms with Gasteiger partial charge in [-0.3, -0.25) is 0 Å². The summed E-state index contributed by atoms with van der Waals surface area (Å²) in [5, 5.41) is 14.7. The van der Waals surface area contributed by atoms with Crippen molar-refractivity contribution in [3.05, 3.63) is 194 Å². The molecule has 2 radical (unpaired) electrons. The second-order valence-electron chi connectivity index (χ2n) is 14.6. The zero-order chi connectivity index (χ0) is 39.5. The lowest BCUT2D eigenvalue weighted by Crippen LogP contribution is -2.11. The van der Waals surface area contributed by atoms with Crippen molar-refractivity contribution in [3.8, 4) is 62.7 Å². The van der Waals surface area contributed by atoms with E-state index in [-0.39, 0.29) is 0 Å². The van der Waals surface area contributed by atoms with E-state index in [1.165, 1.54) is 10.8 Å². The second-order valence-corrected chi connectivity index (χ2v) is 15.2. The number of fused-ring (bicyclic) bond motifs is 6. The molecule has 11 aromatic rings. The quantitative estimate of drug-likeness (QED) is 0.158. The van der Waals surface area contributed by atoms with E-state index in [4.69, 9.17) is 15.0 Å². The van der Waals surface area contributed by atoms with Crippen molar-refractivity contribution in [2.75, 3.05) is 0 Å². The first kappa shape index (κ1) is 34.6. The van der Waals surface area contributed by atoms with Crippen LogP contribution in [0, 0.1) is 11.3 Å². The molecule has 0 amide bonds. The van der Waals surface area contributed by atoms with Crippen LogP contribution in [0.25, 0.3) is 100 Å². The van der Waals surface area contributed by atoms with Crippen LogP contribution in [-0.2, 0) is 0 Å². The number of para-hydroxylation sites is 3. The number of rotatable bonds is 6. The van der Waals surface area contributed by atoms with Gasteiger partial charge in [0.1, 0.15) is 0 Å². The lowest BCUT2D eigenvalue weighted by Gasteiger charge is -2.15. The highest BCUT2D eigenvalue weighted by molar-refractivity contribution is 6.35. The van der Waals surface area contributed by atoms with Gasteiger partial charge >= 0.3 is 0 Å². The minimum absolute atomic E-state index is 0.596. The number of benzene rings is 8. The maximum absolute atomic E-state index is 10.2. The molecule has 0 saturated heterocycles. The van der Waals surface area contributed by atoms with Gasteiger partial charge in [0.15, 0.2) is 33.8 Å². The smallest absolute Gasteiger partial charge is 0.179 e. The van der Waals surface area contributed by atoms with Crippen molar-refractivity contribution in [2.24, 2.45) is 0 Å². The second kappa shape index (κ2) is 14.1. The van der Waals surface area contributed by atoms with E-state index in [9.17, 15) is 5.26 Å². The van der Waals surface area contributed by atoms with E-state index in [1.54, 1.807) is 0 Å². The molecule has 0 bridgehead atoms. The third-order valence-electron chi connectivity index (χ3n) is 11.2. The van der Waals surface area contributed by atoms with E-state index in [1.807, 2.05) is 72.8 Å². The Balaban J connectivity index is 1.17. The molecule has 272 valence electrons. The topological polar surface area (TPSA) is 72.3 Å². The Morgan fingerprint density at radius 2 is 0.864 bits per heavy atom. The fourth-order valence-corrected chi connectivity index (χ4v) is 8.77. The van der Waals surface area contributed by atoms with Crippen molar-refractivity contribution in [1.82, 2.24) is 24.1 Å². The van der Waals surface area contributed by atoms with Crippen molar-refractivity contribution in [2.45, 2.75) is 0 Å². The largest absolute Gasteiger partial charge is 0.311 e. The van der Waals surface area contributed by atoms with Gasteiger partial charge in [0.05, 0.1) is 39.4 Å². The average molecular weight is 767 g/mol. The monoisotopic (exact) mass is 766 g/mol. The molecule has 0 aliphatic carbocycles. The lowest BCUT2D eigenvalue weighted by atomic mass is 9.98. The minimum atomic E-state index is 0.596. The van der Waals surface area contributed by atoms with E-state index in [0.717, 1.165) is 76.5 Å². The predicted molar refractivity (Wildman–Crippen MR) is 240 cm³/mol. The van der Waals surface area contributed by atoms with Gasteiger partial charge < -0.3 is 9.13 Å². The van der Waals surface area contributed by atoms with Gasteiger partial charge in [-0.25, -0.2) is 15.0 Å². The summed E-state index contributed by atoms with van der Waals surface area (Å²) in [4.78, 5) is 15.1. The van der Waals surface area contributed by atoms with Crippen LogP contribution in [0.2, 0.25) is 0 Å². The normalized spacial score (nSPS) is 11.4. The number of nitrogens with zero attached hydrogens (tertiary/aromatic N) is 6. The van der Waals surface area contributed by atoms with Crippen molar-refractivity contribution in [1.29, 1.82) is 5.26 Å². The van der Waals surface area contributed by atoms with Crippen LogP contribution in [-0.4, -0.2) is 40.4 Å². The lowest BCUT2D eigenvalue weighted by molar-refractivity contribution is 1.07. The number of hydrogen-bond donors (Lipinski definition) is 0. The van der Waals surface area contributed by atoms with E-state index < -0.39 is 0 Å². The summed E-state index contributed by atoms with van der Waals surface area (Å²) in [5.74, 6) is 1.83. The molecule has 0 unspecified atom stereocenters. The van der Waals surface area contributed by atoms with E-state index in [0.29, 0.717) is 23.0 Å². The summed E-state index contributed by atoms with van der Waals surface area (Å²) in [6, 6.07) is 67.2. The molecule has 0 aliphatic rings. The van der Waals surface area contributed by atoms with Crippen molar-refractivity contribution < 1.29 is 0 Å². The molecular formula is C52H31AlN6. The van der Waals surface area contributed by atoms with Crippen molar-refractivity contribution in [3.63, 3.8) is 0 Å². The molecule has 0 spiro atoms. The molecule has 3 heterocycles. The Kier molecular flexibility index (Phi) is 8.27. The molecule has 8 aromatic carbocycles. The first-order valence-corrected chi connectivity index (χ1v) is 20.0. The molecule has 0 atom stereocenters. The average Bonchev–Trinajstić information content (AvgIpc) is 3.81. The molecule has 11 rings (SSSR count). The minimum Gasteiger partial charge on any atom is -0.311 e. The van der Waals surface area contributed by atoms with Crippen LogP contribution >= 0.6 is 0 Å². The Morgan fingerprint density at radius 3 is 1.46 bits per heavy atom. The molecule has 3 aromatic heterocycles. The molecular weight excluding hydrogens is 736 g/mol. The molecule has 0 aliphatic heterocycles. The zero-order valence-corrected chi connectivity index (χ0v) is 32.8. The van der Waals surface area contributed by atoms with Crippen LogP contribution in [0.4, 0.5) is 0 Å². The van der Waals surface area contributed by atoms with Crippen LogP contribution in [0.15, 0.2) is 188 Å². The van der Waals surface area contributed by atoms with Gasteiger partial charge in [0, 0.05) is 49.5 Å². The molecule has 0 N–H and O–H groups in total. The van der Waals surface area contributed by atoms with Gasteiger partial charge in [-0.05, 0) is 72.3 Å². The standard InChI is InChI=1S/C52H31N6.Al/c53-33-34-24-27-47(58-45-22-12-10-20-40(45)41-21-11-13-23-46(41)58)42(30-34)37-25-28-48-43(31-37)44-32-38(26-29-49(44)57(48)39-18-8-3-9-19-39)52-55-50(35-14-4-1-5-15-35)54-51(56-52)36-16-6-2-7-17-36;/h1-18,20-32H;. The molecule has 59 heavy (non-hydrogen) atoms. The van der Waals surface area contributed by atoms with Crippen LogP contribution < -0.4 is 4.43 Å². The third-order valence-corrected chi connectivity index (χ3v) is 11.6. The predicted octanol–water partition coefficient (Wildman–Crippen LogP) is 11.4. The summed E-state index contributed by atoms with van der Waals surface area (Å²) in [7, 11) is 0. The molecule has 7 heteroatoms. The Morgan fingerprint density at radius 1 is 0.390 bits per heavy atom. The highest BCUT2D eigenvalue weighted by atomic mass is 27.0. The van der Waals surface area contributed by atoms with Crippen LogP contribution in [0.5, 0.6) is 0 Å². The molecule has 0 saturated carbocycles. The van der Waals surface area contributed by atoms with Gasteiger partial charge in [-0.2, -0.15) is 5.26 Å². The third kappa shape index (κ3) is 5.82. The summed E-state index contributed by atoms with van der Waals surface area (Å²) in [5.41, 5.74) is 11.7. The first-order valence-electron chi connectivity index (χ1n) is 19.5. The van der Waals surface area contributed by atoms with Crippen LogP contribution in [0.1, 0.15) is 5.56 Å². The Bertz CT molecular complexity index is 3360. The Labute approximate surface area is 348 Å². The fourth-order valence-electron chi connectivity index (χ4n) is 8.43. The van der Waals surface area contributed by atoms with Gasteiger partial charge in [-0.1, -0.05) is 121 Å². The molecule has 6 nitrogen and oxygen atoms in total. The Hall–Kier alpha value is -7.61. The fraction of sp³-hybridized carbons (Fsp3) is 0. The maximum atomic E-state index is 10.2. The van der Waals surface area contributed by atoms with Crippen LogP contribution in [0.3, 0.4) is 0 Å². The van der Waals surface area contributed by atoms with E-state index >= 15 is 0 Å². The SMILES string of the molecule is N#Cc1ccc(-n2c3ccccc3c3ccccc32)c(-c2ccc3c(c2)c2cc(-c4nc(-c5ccccc5)nc(-c5ccccc5)n4)ccc2n3-c2cccc[c]2[Al])c1. The maximum Gasteiger partial charge on any atom is 0.179 e. The summed E-state index contributed by atoms with van der Waals surface area (Å²) in [6.07, 6.45) is 0. The van der Waals surface area contributed by atoms with Gasteiger partial charge in [0.25, 0.3) is 0 Å². The number of aromatic nitrogens is 5. The highest BCUT2D eigenvalue weighted by Crippen LogP contribution is 2.40. The highest BCUT2D eigenvalue weighted by Gasteiger charge is 2.20. The zero-order valence-electron chi connectivity index (χ0n) is 31.7. The summed E-state index contributed by atoms with van der Waals surface area (Å²) >= 11 is 2.91. The van der Waals surface area contributed by atoms with Gasteiger partial charge in [0.2, 0.25) is 0 Å². The van der Waals surface area contributed by atoms with Gasteiger partial charge in [-0.15, -0.1) is 4.43 Å². The van der Waals surface area contributed by atoms with E-state index in [2.05, 4.69) is 147 Å². The molecule has 0 fully saturated rings. The number of nitriles is 1. The van der Waals surface area contributed by atoms with Crippen molar-refractivity contribution >= 4 is 64.3 Å². The number of hydrogen-bond acceptors (Lipinski definition) is 4.